The Balaban J connectivity index is 1.50. The molecule has 8 heteroatoms. The molecule has 0 aliphatic heterocycles. The molecule has 4 aromatic rings. The highest BCUT2D eigenvalue weighted by Crippen LogP contribution is 2.33. The van der Waals surface area contributed by atoms with Gasteiger partial charge in [-0.15, -0.1) is 0 Å². The Bertz CT molecular complexity index is 1390. The number of hydrogen-bond donors (Lipinski definition) is 0. The van der Waals surface area contributed by atoms with E-state index in [-0.39, 0.29) is 29.2 Å². The molecule has 0 saturated carbocycles. The van der Waals surface area contributed by atoms with E-state index in [4.69, 9.17) is 9.47 Å². The quantitative estimate of drug-likeness (QED) is 0.165. The van der Waals surface area contributed by atoms with Crippen molar-refractivity contribution in [3.8, 4) is 22.6 Å². The third-order valence-corrected chi connectivity index (χ3v) is 5.72. The van der Waals surface area contributed by atoms with Crippen LogP contribution in [0.4, 0.5) is 26.3 Å². The van der Waals surface area contributed by atoms with Crippen molar-refractivity contribution < 1.29 is 35.8 Å². The van der Waals surface area contributed by atoms with Crippen LogP contribution in [0.1, 0.15) is 11.1 Å². The van der Waals surface area contributed by atoms with E-state index in [0.29, 0.717) is 29.2 Å². The van der Waals surface area contributed by atoms with Gasteiger partial charge in [-0.25, -0.2) is 13.2 Å². The molecule has 0 aliphatic carbocycles. The maximum Gasteiger partial charge on any atom is 0.422 e. The van der Waals surface area contributed by atoms with Crippen molar-refractivity contribution in [2.75, 3.05) is 13.2 Å². The minimum absolute atomic E-state index is 0.0404. The summed E-state index contributed by atoms with van der Waals surface area (Å²) in [5.74, 6) is -1.90. The number of benzene rings is 4. The summed E-state index contributed by atoms with van der Waals surface area (Å²) in [6.07, 6.45) is -2.15. The van der Waals surface area contributed by atoms with Crippen LogP contribution >= 0.6 is 0 Å². The first kappa shape index (κ1) is 26.1. The van der Waals surface area contributed by atoms with E-state index in [0.717, 1.165) is 17.7 Å². The fourth-order valence-electron chi connectivity index (χ4n) is 3.95. The number of fused-ring (bicyclic) bond motifs is 1. The van der Waals surface area contributed by atoms with Crippen LogP contribution in [0.5, 0.6) is 11.5 Å². The molecule has 0 bridgehead atoms. The Kier molecular flexibility index (Phi) is 7.76. The van der Waals surface area contributed by atoms with E-state index in [2.05, 4.69) is 6.58 Å². The molecule has 4 rings (SSSR count). The summed E-state index contributed by atoms with van der Waals surface area (Å²) < 4.78 is 91.3. The first-order valence-electron chi connectivity index (χ1n) is 11.4. The molecule has 0 unspecified atom stereocenters. The van der Waals surface area contributed by atoms with Crippen molar-refractivity contribution in [1.82, 2.24) is 0 Å². The average Bonchev–Trinajstić information content (AvgIpc) is 2.85. The minimum Gasteiger partial charge on any atom is -0.489 e. The first-order chi connectivity index (χ1) is 17.6. The van der Waals surface area contributed by atoms with Gasteiger partial charge >= 0.3 is 6.18 Å². The lowest BCUT2D eigenvalue weighted by molar-refractivity contribution is -0.153. The summed E-state index contributed by atoms with van der Waals surface area (Å²) in [6.45, 7) is 2.23. The Morgan fingerprint density at radius 2 is 1.46 bits per heavy atom. The van der Waals surface area contributed by atoms with Gasteiger partial charge in [0.05, 0.1) is 5.56 Å². The fourth-order valence-corrected chi connectivity index (χ4v) is 3.95. The van der Waals surface area contributed by atoms with Crippen molar-refractivity contribution >= 4 is 10.8 Å². The molecule has 0 heterocycles. The van der Waals surface area contributed by atoms with Gasteiger partial charge in [0.2, 0.25) is 0 Å². The zero-order chi connectivity index (χ0) is 26.6. The van der Waals surface area contributed by atoms with Gasteiger partial charge in [-0.05, 0) is 53.1 Å². The Hall–Kier alpha value is -3.94. The van der Waals surface area contributed by atoms with E-state index in [1.807, 2.05) is 0 Å². The predicted octanol–water partition coefficient (Wildman–Crippen LogP) is 8.22. The standard InChI is InChI=1S/C29H22F6O2/c1-2-13-36-23-15-25(30)27(26(31)16-23)21-9-12-24-20(14-21)8-7-19(28(24)32)6-3-18-4-10-22(11-5-18)37-17-29(33,34)35/h2,4-5,7-12,14-16H,1,3,6,13,17H2. The molecule has 0 atom stereocenters. The lowest BCUT2D eigenvalue weighted by atomic mass is 9.96. The molecular weight excluding hydrogens is 494 g/mol. The van der Waals surface area contributed by atoms with Crippen molar-refractivity contribution in [3.05, 3.63) is 108 Å². The smallest absolute Gasteiger partial charge is 0.422 e. The predicted molar refractivity (Wildman–Crippen MR) is 130 cm³/mol. The second-order valence-electron chi connectivity index (χ2n) is 8.38. The summed E-state index contributed by atoms with van der Waals surface area (Å²) in [6, 6.07) is 16.1. The third-order valence-electron chi connectivity index (χ3n) is 5.72. The molecule has 4 aromatic carbocycles. The molecule has 0 spiro atoms. The van der Waals surface area contributed by atoms with Crippen LogP contribution in [0.2, 0.25) is 0 Å². The van der Waals surface area contributed by atoms with Crippen molar-refractivity contribution in [1.29, 1.82) is 0 Å². The molecule has 37 heavy (non-hydrogen) atoms. The molecule has 0 amide bonds. The Morgan fingerprint density at radius 3 is 2.11 bits per heavy atom. The van der Waals surface area contributed by atoms with Gasteiger partial charge in [0.15, 0.2) is 6.61 Å². The minimum atomic E-state index is -4.42. The van der Waals surface area contributed by atoms with Crippen LogP contribution < -0.4 is 9.47 Å². The van der Waals surface area contributed by atoms with Gasteiger partial charge in [0, 0.05) is 17.5 Å². The lowest BCUT2D eigenvalue weighted by Gasteiger charge is -2.12. The highest BCUT2D eigenvalue weighted by molar-refractivity contribution is 5.88. The molecule has 0 aliphatic rings. The van der Waals surface area contributed by atoms with E-state index >= 15 is 4.39 Å². The zero-order valence-electron chi connectivity index (χ0n) is 19.5. The SMILES string of the molecule is C=CCOc1cc(F)c(-c2ccc3c(F)c(CCc4ccc(OCC(F)(F)F)cc4)ccc3c2)c(F)c1. The number of hydrogen-bond acceptors (Lipinski definition) is 2. The van der Waals surface area contributed by atoms with Gasteiger partial charge in [0.25, 0.3) is 0 Å². The van der Waals surface area contributed by atoms with E-state index in [1.165, 1.54) is 36.4 Å². The summed E-state index contributed by atoms with van der Waals surface area (Å²) in [5, 5.41) is 0.791. The van der Waals surface area contributed by atoms with Crippen molar-refractivity contribution in [2.24, 2.45) is 0 Å². The van der Waals surface area contributed by atoms with Gasteiger partial charge in [-0.2, -0.15) is 13.2 Å². The van der Waals surface area contributed by atoms with Gasteiger partial charge in [-0.1, -0.05) is 49.1 Å². The maximum absolute atomic E-state index is 15.2. The molecular formula is C29H22F6O2. The summed E-state index contributed by atoms with van der Waals surface area (Å²) in [5.41, 5.74) is 1.28. The van der Waals surface area contributed by atoms with Crippen LogP contribution in [0.3, 0.4) is 0 Å². The molecule has 192 valence electrons. The summed E-state index contributed by atoms with van der Waals surface area (Å²) in [7, 11) is 0. The van der Waals surface area contributed by atoms with Gasteiger partial charge < -0.3 is 9.47 Å². The second-order valence-corrected chi connectivity index (χ2v) is 8.38. The van der Waals surface area contributed by atoms with Crippen LogP contribution in [0.25, 0.3) is 21.9 Å². The van der Waals surface area contributed by atoms with E-state index in [9.17, 15) is 22.0 Å². The molecule has 0 saturated heterocycles. The molecule has 0 fully saturated rings. The third kappa shape index (κ3) is 6.44. The van der Waals surface area contributed by atoms with Gasteiger partial charge in [0.1, 0.15) is 35.6 Å². The average molecular weight is 516 g/mol. The topological polar surface area (TPSA) is 18.5 Å². The van der Waals surface area contributed by atoms with Crippen LogP contribution in [-0.4, -0.2) is 19.4 Å². The van der Waals surface area contributed by atoms with Crippen LogP contribution in [0, 0.1) is 17.5 Å². The highest BCUT2D eigenvalue weighted by atomic mass is 19.4. The largest absolute Gasteiger partial charge is 0.489 e. The van der Waals surface area contributed by atoms with E-state index < -0.39 is 30.2 Å². The molecule has 0 aromatic heterocycles. The lowest BCUT2D eigenvalue weighted by Crippen LogP contribution is -2.19. The Morgan fingerprint density at radius 1 is 0.757 bits per heavy atom. The highest BCUT2D eigenvalue weighted by Gasteiger charge is 2.28. The zero-order valence-corrected chi connectivity index (χ0v) is 19.5. The monoisotopic (exact) mass is 516 g/mol. The maximum atomic E-state index is 15.2. The molecule has 2 nitrogen and oxygen atoms in total. The van der Waals surface area contributed by atoms with E-state index in [1.54, 1.807) is 24.3 Å². The number of aryl methyl sites for hydroxylation is 2. The number of rotatable bonds is 9. The Labute approximate surface area is 209 Å². The van der Waals surface area contributed by atoms with Crippen molar-refractivity contribution in [3.63, 3.8) is 0 Å². The summed E-state index contributed by atoms with van der Waals surface area (Å²) in [4.78, 5) is 0. The summed E-state index contributed by atoms with van der Waals surface area (Å²) >= 11 is 0. The van der Waals surface area contributed by atoms with Crippen LogP contribution in [0.15, 0.2) is 79.4 Å². The molecule has 0 radical (unpaired) electrons. The first-order valence-corrected chi connectivity index (χ1v) is 11.4. The normalized spacial score (nSPS) is 11.5. The van der Waals surface area contributed by atoms with Crippen molar-refractivity contribution in [2.45, 2.75) is 19.0 Å². The van der Waals surface area contributed by atoms with Crippen LogP contribution in [-0.2, 0) is 12.8 Å². The number of alkyl halides is 3. The fraction of sp³-hybridized carbons (Fsp3) is 0.172. The molecule has 0 N–H and O–H groups in total. The second kappa shape index (κ2) is 11.0. The van der Waals surface area contributed by atoms with Gasteiger partial charge in [-0.3, -0.25) is 0 Å². The number of halogens is 6. The number of ether oxygens (including phenoxy) is 2.